The molecule has 0 aliphatic rings. The van der Waals surface area contributed by atoms with Crippen molar-refractivity contribution in [3.8, 4) is 0 Å². The van der Waals surface area contributed by atoms with Crippen molar-refractivity contribution in [1.82, 2.24) is 0 Å². The van der Waals surface area contributed by atoms with Gasteiger partial charge in [0.15, 0.2) is 5.60 Å². The zero-order valence-corrected chi connectivity index (χ0v) is 27.8. The van der Waals surface area contributed by atoms with E-state index in [0.717, 1.165) is 38.5 Å². The lowest BCUT2D eigenvalue weighted by atomic mass is 10.0. The molecule has 0 aromatic carbocycles. The van der Waals surface area contributed by atoms with E-state index in [2.05, 4.69) is 13.8 Å². The fourth-order valence-corrected chi connectivity index (χ4v) is 5.31. The van der Waals surface area contributed by atoms with Crippen LogP contribution in [0.25, 0.3) is 0 Å². The molecule has 5 heteroatoms. The van der Waals surface area contributed by atoms with Gasteiger partial charge in [-0.25, -0.2) is 0 Å². The van der Waals surface area contributed by atoms with Crippen LogP contribution in [0.3, 0.4) is 0 Å². The smallest absolute Gasteiger partial charge is 0.306 e. The zero-order valence-electron chi connectivity index (χ0n) is 27.8. The molecule has 0 heterocycles. The standard InChI is InChI=1S/C36H70O5/c1-4-6-8-10-12-14-16-18-20-22-24-26-28-30-34(38)40-33-36(3,32-37)41-35(39)31-29-27-25-23-21-19-17-15-13-11-9-7-5-2/h37H,4-33H2,1-3H3/t36-/m0/s1. The summed E-state index contributed by atoms with van der Waals surface area (Å²) in [7, 11) is 0. The van der Waals surface area contributed by atoms with Crippen molar-refractivity contribution in [3.05, 3.63) is 0 Å². The number of carbonyl (C=O) groups is 2. The molecule has 0 saturated carbocycles. The summed E-state index contributed by atoms with van der Waals surface area (Å²) in [4.78, 5) is 24.5. The van der Waals surface area contributed by atoms with Crippen LogP contribution in [0.1, 0.15) is 201 Å². The molecule has 41 heavy (non-hydrogen) atoms. The van der Waals surface area contributed by atoms with Crippen LogP contribution in [0.15, 0.2) is 0 Å². The number of carbonyl (C=O) groups excluding carboxylic acids is 2. The van der Waals surface area contributed by atoms with E-state index in [1.165, 1.54) is 128 Å². The molecular formula is C36H70O5. The number of aliphatic hydroxyl groups is 1. The van der Waals surface area contributed by atoms with Gasteiger partial charge in [0.1, 0.15) is 6.61 Å². The van der Waals surface area contributed by atoms with Crippen LogP contribution in [0, 0.1) is 0 Å². The number of hydrogen-bond acceptors (Lipinski definition) is 5. The second-order valence-corrected chi connectivity index (χ2v) is 12.7. The molecule has 0 saturated heterocycles. The maximum atomic E-state index is 12.3. The zero-order chi connectivity index (χ0) is 30.3. The summed E-state index contributed by atoms with van der Waals surface area (Å²) >= 11 is 0. The average Bonchev–Trinajstić information content (AvgIpc) is 2.96. The average molecular weight is 583 g/mol. The van der Waals surface area contributed by atoms with Crippen LogP contribution in [0.5, 0.6) is 0 Å². The molecule has 0 aromatic heterocycles. The molecule has 0 bridgehead atoms. The molecule has 0 aromatic rings. The largest absolute Gasteiger partial charge is 0.461 e. The van der Waals surface area contributed by atoms with Gasteiger partial charge in [0, 0.05) is 12.8 Å². The van der Waals surface area contributed by atoms with E-state index < -0.39 is 5.60 Å². The Hall–Kier alpha value is -1.10. The molecule has 0 aliphatic carbocycles. The van der Waals surface area contributed by atoms with E-state index >= 15 is 0 Å². The Morgan fingerprint density at radius 3 is 1.10 bits per heavy atom. The lowest BCUT2D eigenvalue weighted by Gasteiger charge is -2.27. The van der Waals surface area contributed by atoms with Gasteiger partial charge in [0.2, 0.25) is 0 Å². The highest BCUT2D eigenvalue weighted by molar-refractivity contribution is 5.70. The first-order chi connectivity index (χ1) is 20.0. The van der Waals surface area contributed by atoms with E-state index in [0.29, 0.717) is 12.8 Å². The van der Waals surface area contributed by atoms with Gasteiger partial charge >= 0.3 is 11.9 Å². The van der Waals surface area contributed by atoms with Crippen molar-refractivity contribution in [1.29, 1.82) is 0 Å². The van der Waals surface area contributed by atoms with E-state index in [1.807, 2.05) is 0 Å². The number of aliphatic hydroxyl groups excluding tert-OH is 1. The molecule has 1 N–H and O–H groups in total. The SMILES string of the molecule is CCCCCCCCCCCCCCCC(=O)OC[C@](C)(CO)OC(=O)CCCCCCCCCCCCCCC. The Balaban J connectivity index is 3.67. The molecule has 0 amide bonds. The highest BCUT2D eigenvalue weighted by Crippen LogP contribution is 2.17. The number of unbranched alkanes of at least 4 members (excludes halogenated alkanes) is 24. The van der Waals surface area contributed by atoms with Crippen molar-refractivity contribution >= 4 is 11.9 Å². The van der Waals surface area contributed by atoms with Crippen LogP contribution >= 0.6 is 0 Å². The minimum atomic E-state index is -1.17. The predicted octanol–water partition coefficient (Wildman–Crippen LogP) is 10.8. The highest BCUT2D eigenvalue weighted by Gasteiger charge is 2.30. The van der Waals surface area contributed by atoms with Crippen molar-refractivity contribution in [3.63, 3.8) is 0 Å². The summed E-state index contributed by atoms with van der Waals surface area (Å²) in [6.07, 6.45) is 33.6. The molecule has 0 aliphatic heterocycles. The number of ether oxygens (including phenoxy) is 2. The highest BCUT2D eigenvalue weighted by atomic mass is 16.6. The number of esters is 2. The topological polar surface area (TPSA) is 72.8 Å². The van der Waals surface area contributed by atoms with Crippen LogP contribution in [0.4, 0.5) is 0 Å². The van der Waals surface area contributed by atoms with Crippen molar-refractivity contribution in [2.75, 3.05) is 13.2 Å². The van der Waals surface area contributed by atoms with Gasteiger partial charge in [-0.1, -0.05) is 168 Å². The lowest BCUT2D eigenvalue weighted by Crippen LogP contribution is -2.41. The van der Waals surface area contributed by atoms with Crippen LogP contribution in [0.2, 0.25) is 0 Å². The van der Waals surface area contributed by atoms with E-state index in [9.17, 15) is 14.7 Å². The van der Waals surface area contributed by atoms with E-state index in [1.54, 1.807) is 6.92 Å². The molecule has 0 fully saturated rings. The third-order valence-corrected chi connectivity index (χ3v) is 8.20. The quantitative estimate of drug-likeness (QED) is 0.0631. The fraction of sp³-hybridized carbons (Fsp3) is 0.944. The summed E-state index contributed by atoms with van der Waals surface area (Å²) < 4.78 is 10.9. The van der Waals surface area contributed by atoms with Crippen molar-refractivity contribution < 1.29 is 24.2 Å². The Bertz CT molecular complexity index is 578. The maximum Gasteiger partial charge on any atom is 0.306 e. The van der Waals surface area contributed by atoms with Gasteiger partial charge in [-0.15, -0.1) is 0 Å². The molecule has 0 rings (SSSR count). The lowest BCUT2D eigenvalue weighted by molar-refractivity contribution is -0.175. The number of hydrogen-bond donors (Lipinski definition) is 1. The summed E-state index contributed by atoms with van der Waals surface area (Å²) in [5.41, 5.74) is -1.17. The molecule has 0 radical (unpaired) electrons. The third-order valence-electron chi connectivity index (χ3n) is 8.20. The molecular weight excluding hydrogens is 512 g/mol. The first-order valence-corrected chi connectivity index (χ1v) is 18.0. The predicted molar refractivity (Wildman–Crippen MR) is 173 cm³/mol. The summed E-state index contributed by atoms with van der Waals surface area (Å²) in [6, 6.07) is 0. The Kier molecular flexibility index (Phi) is 29.5. The minimum Gasteiger partial charge on any atom is -0.461 e. The van der Waals surface area contributed by atoms with Crippen molar-refractivity contribution in [2.24, 2.45) is 0 Å². The molecule has 5 nitrogen and oxygen atoms in total. The molecule has 0 unspecified atom stereocenters. The number of rotatable bonds is 32. The second-order valence-electron chi connectivity index (χ2n) is 12.7. The van der Waals surface area contributed by atoms with Gasteiger partial charge in [0.05, 0.1) is 6.61 Å². The fourth-order valence-electron chi connectivity index (χ4n) is 5.31. The minimum absolute atomic E-state index is 0.0921. The van der Waals surface area contributed by atoms with Crippen LogP contribution in [-0.2, 0) is 19.1 Å². The molecule has 0 spiro atoms. The van der Waals surface area contributed by atoms with Crippen LogP contribution < -0.4 is 0 Å². The monoisotopic (exact) mass is 583 g/mol. The van der Waals surface area contributed by atoms with Crippen LogP contribution in [-0.4, -0.2) is 35.9 Å². The van der Waals surface area contributed by atoms with Crippen molar-refractivity contribution in [2.45, 2.75) is 206 Å². The van der Waals surface area contributed by atoms with Gasteiger partial charge in [0.25, 0.3) is 0 Å². The molecule has 1 atom stereocenters. The van der Waals surface area contributed by atoms with E-state index in [4.69, 9.17) is 9.47 Å². The van der Waals surface area contributed by atoms with Gasteiger partial charge < -0.3 is 14.6 Å². The molecule has 244 valence electrons. The van der Waals surface area contributed by atoms with E-state index in [-0.39, 0.29) is 25.2 Å². The Labute approximate surface area is 255 Å². The summed E-state index contributed by atoms with van der Waals surface area (Å²) in [5.74, 6) is -0.600. The normalized spacial score (nSPS) is 12.8. The van der Waals surface area contributed by atoms with Gasteiger partial charge in [-0.3, -0.25) is 9.59 Å². The summed E-state index contributed by atoms with van der Waals surface area (Å²) in [6.45, 7) is 5.70. The first-order valence-electron chi connectivity index (χ1n) is 18.0. The first kappa shape index (κ1) is 39.9. The maximum absolute atomic E-state index is 12.3. The van der Waals surface area contributed by atoms with Gasteiger partial charge in [-0.2, -0.15) is 0 Å². The summed E-state index contributed by atoms with van der Waals surface area (Å²) in [5, 5.41) is 9.76. The third kappa shape index (κ3) is 28.8. The van der Waals surface area contributed by atoms with Gasteiger partial charge in [-0.05, 0) is 19.8 Å². The Morgan fingerprint density at radius 1 is 0.488 bits per heavy atom. The second kappa shape index (κ2) is 30.4. The Morgan fingerprint density at radius 2 is 0.780 bits per heavy atom.